The molecule has 3 nitrogen and oxygen atoms in total. The van der Waals surface area contributed by atoms with Crippen LogP contribution in [0.1, 0.15) is 60.2 Å². The lowest BCUT2D eigenvalue weighted by Gasteiger charge is -2.36. The van der Waals surface area contributed by atoms with Crippen molar-refractivity contribution < 1.29 is 4.79 Å². The Balaban J connectivity index is 1.71. The van der Waals surface area contributed by atoms with E-state index in [0.717, 1.165) is 30.8 Å². The molecule has 2 heterocycles. The van der Waals surface area contributed by atoms with Crippen LogP contribution in [0, 0.1) is 6.92 Å². The number of piperidine rings is 1. The summed E-state index contributed by atoms with van der Waals surface area (Å²) in [5.74, 6) is 0.550. The van der Waals surface area contributed by atoms with Crippen LogP contribution in [0.25, 0.3) is 0 Å². The Morgan fingerprint density at radius 1 is 1.07 bits per heavy atom. The molecule has 0 spiro atoms. The molecule has 0 bridgehead atoms. The van der Waals surface area contributed by atoms with E-state index >= 15 is 0 Å². The largest absolute Gasteiger partial charge is 0.306 e. The Morgan fingerprint density at radius 2 is 1.78 bits per heavy atom. The maximum absolute atomic E-state index is 13.5. The molecule has 2 aromatic carbocycles. The summed E-state index contributed by atoms with van der Waals surface area (Å²) in [4.78, 5) is 18.0. The van der Waals surface area contributed by atoms with Gasteiger partial charge in [-0.25, -0.2) is 0 Å². The van der Waals surface area contributed by atoms with Crippen LogP contribution in [0.2, 0.25) is 0 Å². The summed E-state index contributed by atoms with van der Waals surface area (Å²) < 4.78 is 0. The summed E-state index contributed by atoms with van der Waals surface area (Å²) >= 11 is 0. The number of amides is 1. The molecule has 0 aliphatic carbocycles. The predicted molar refractivity (Wildman–Crippen MR) is 112 cm³/mol. The van der Waals surface area contributed by atoms with Crippen LogP contribution in [0.15, 0.2) is 42.5 Å². The molecule has 0 saturated carbocycles. The monoisotopic (exact) mass is 362 g/mol. The molecule has 2 aromatic rings. The zero-order chi connectivity index (χ0) is 19.3. The summed E-state index contributed by atoms with van der Waals surface area (Å²) in [6, 6.07) is 15.0. The van der Waals surface area contributed by atoms with E-state index in [2.05, 4.69) is 74.9 Å². The Hall–Kier alpha value is -2.13. The number of likely N-dealkylation sites (tertiary alicyclic amines) is 1. The summed E-state index contributed by atoms with van der Waals surface area (Å²) in [7, 11) is 2.18. The summed E-state index contributed by atoms with van der Waals surface area (Å²) in [5.41, 5.74) is 5.85. The maximum Gasteiger partial charge on any atom is 0.258 e. The fourth-order valence-electron chi connectivity index (χ4n) is 4.60. The quantitative estimate of drug-likeness (QED) is 0.731. The third-order valence-corrected chi connectivity index (χ3v) is 6.17. The Labute approximate surface area is 163 Å². The Morgan fingerprint density at radius 3 is 2.44 bits per heavy atom. The van der Waals surface area contributed by atoms with Crippen LogP contribution < -0.4 is 4.90 Å². The van der Waals surface area contributed by atoms with E-state index in [9.17, 15) is 4.79 Å². The minimum Gasteiger partial charge on any atom is -0.306 e. The Kier molecular flexibility index (Phi) is 4.38. The number of fused-ring (bicyclic) bond motifs is 3. The van der Waals surface area contributed by atoms with Crippen molar-refractivity contribution in [1.29, 1.82) is 0 Å². The summed E-state index contributed by atoms with van der Waals surface area (Å²) in [6.45, 7) is 10.8. The molecule has 4 rings (SSSR count). The highest BCUT2D eigenvalue weighted by atomic mass is 16.2. The van der Waals surface area contributed by atoms with Gasteiger partial charge in [-0.15, -0.1) is 0 Å². The highest BCUT2D eigenvalue weighted by Gasteiger charge is 2.44. The van der Waals surface area contributed by atoms with Crippen molar-refractivity contribution in [3.8, 4) is 0 Å². The number of hydrogen-bond acceptors (Lipinski definition) is 2. The van der Waals surface area contributed by atoms with Gasteiger partial charge in [-0.05, 0) is 61.7 Å². The molecule has 1 saturated heterocycles. The zero-order valence-corrected chi connectivity index (χ0v) is 17.1. The minimum absolute atomic E-state index is 0.0956. The number of nitrogens with zero attached hydrogens (tertiary/aromatic N) is 2. The van der Waals surface area contributed by atoms with Crippen molar-refractivity contribution in [3.05, 3.63) is 64.7 Å². The first-order valence-electron chi connectivity index (χ1n) is 9.99. The number of hydrogen-bond donors (Lipinski definition) is 0. The van der Waals surface area contributed by atoms with Gasteiger partial charge in [0.05, 0.1) is 0 Å². The van der Waals surface area contributed by atoms with Gasteiger partial charge in [0, 0.05) is 29.8 Å². The second-order valence-corrected chi connectivity index (χ2v) is 9.29. The van der Waals surface area contributed by atoms with Gasteiger partial charge in [0.2, 0.25) is 0 Å². The predicted octanol–water partition coefficient (Wildman–Crippen LogP) is 4.74. The number of anilines is 1. The van der Waals surface area contributed by atoms with Gasteiger partial charge in [0.25, 0.3) is 5.91 Å². The molecule has 0 unspecified atom stereocenters. The molecule has 1 amide bonds. The van der Waals surface area contributed by atoms with E-state index in [0.29, 0.717) is 5.92 Å². The van der Waals surface area contributed by atoms with Gasteiger partial charge in [-0.2, -0.15) is 0 Å². The Bertz CT molecular complexity index is 863. The molecule has 1 fully saturated rings. The van der Waals surface area contributed by atoms with E-state index < -0.39 is 0 Å². The van der Waals surface area contributed by atoms with E-state index in [1.165, 1.54) is 16.7 Å². The van der Waals surface area contributed by atoms with Crippen molar-refractivity contribution in [2.75, 3.05) is 25.0 Å². The van der Waals surface area contributed by atoms with E-state index in [1.54, 1.807) is 0 Å². The fraction of sp³-hybridized carbons (Fsp3) is 0.458. The smallest absolute Gasteiger partial charge is 0.258 e. The zero-order valence-electron chi connectivity index (χ0n) is 17.1. The normalized spacial score (nSPS) is 22.5. The summed E-state index contributed by atoms with van der Waals surface area (Å²) in [5, 5.41) is 0. The topological polar surface area (TPSA) is 23.6 Å². The second kappa shape index (κ2) is 6.49. The molecule has 142 valence electrons. The van der Waals surface area contributed by atoms with Crippen LogP contribution in [-0.4, -0.2) is 37.0 Å². The first-order chi connectivity index (χ1) is 12.8. The van der Waals surface area contributed by atoms with Crippen LogP contribution in [-0.2, 0) is 5.41 Å². The first-order valence-corrected chi connectivity index (χ1v) is 9.99. The van der Waals surface area contributed by atoms with Crippen molar-refractivity contribution in [1.82, 2.24) is 4.90 Å². The van der Waals surface area contributed by atoms with Crippen molar-refractivity contribution in [2.45, 2.75) is 51.5 Å². The fourth-order valence-corrected chi connectivity index (χ4v) is 4.60. The van der Waals surface area contributed by atoms with Gasteiger partial charge >= 0.3 is 0 Å². The van der Waals surface area contributed by atoms with Crippen LogP contribution in [0.5, 0.6) is 0 Å². The third kappa shape index (κ3) is 3.19. The second-order valence-electron chi connectivity index (χ2n) is 9.29. The highest BCUT2D eigenvalue weighted by molar-refractivity contribution is 6.08. The SMILES string of the molecule is Cc1ccc2c(c1)[C@@H]1CN(C)CC[C@H]1N2C(=O)c1ccc(C(C)(C)C)cc1. The minimum atomic E-state index is 0.0956. The third-order valence-electron chi connectivity index (χ3n) is 6.17. The molecule has 2 aliphatic heterocycles. The van der Waals surface area contributed by atoms with Gasteiger partial charge < -0.3 is 9.80 Å². The lowest BCUT2D eigenvalue weighted by Crippen LogP contribution is -2.47. The molecule has 0 radical (unpaired) electrons. The van der Waals surface area contributed by atoms with Gasteiger partial charge in [0.1, 0.15) is 0 Å². The van der Waals surface area contributed by atoms with Crippen LogP contribution in [0.4, 0.5) is 5.69 Å². The molecular weight excluding hydrogens is 332 g/mol. The van der Waals surface area contributed by atoms with E-state index in [-0.39, 0.29) is 17.4 Å². The van der Waals surface area contributed by atoms with E-state index in [1.807, 2.05) is 12.1 Å². The van der Waals surface area contributed by atoms with Crippen molar-refractivity contribution in [2.24, 2.45) is 0 Å². The number of benzene rings is 2. The number of aryl methyl sites for hydroxylation is 1. The average Bonchev–Trinajstić information content (AvgIpc) is 2.93. The maximum atomic E-state index is 13.5. The van der Waals surface area contributed by atoms with Crippen molar-refractivity contribution >= 4 is 11.6 Å². The molecule has 27 heavy (non-hydrogen) atoms. The average molecular weight is 363 g/mol. The van der Waals surface area contributed by atoms with Gasteiger partial charge in [0.15, 0.2) is 0 Å². The van der Waals surface area contributed by atoms with Gasteiger partial charge in [-0.1, -0.05) is 50.6 Å². The molecular formula is C24H30N2O. The molecule has 0 aromatic heterocycles. The first kappa shape index (κ1) is 18.2. The number of carbonyl (C=O) groups excluding carboxylic acids is 1. The molecule has 0 N–H and O–H groups in total. The van der Waals surface area contributed by atoms with Gasteiger partial charge in [-0.3, -0.25) is 4.79 Å². The van der Waals surface area contributed by atoms with Crippen LogP contribution >= 0.6 is 0 Å². The standard InChI is InChI=1S/C24H30N2O/c1-16-6-11-21-19(14-16)20-15-25(5)13-12-22(20)26(21)23(27)17-7-9-18(10-8-17)24(2,3)4/h6-11,14,20,22H,12-13,15H2,1-5H3/t20-,22+/m0/s1. The van der Waals surface area contributed by atoms with E-state index in [4.69, 9.17) is 0 Å². The number of likely N-dealkylation sites (N-methyl/N-ethyl adjacent to an activating group) is 1. The summed E-state index contributed by atoms with van der Waals surface area (Å²) in [6.07, 6.45) is 1.03. The van der Waals surface area contributed by atoms with Crippen molar-refractivity contribution in [3.63, 3.8) is 0 Å². The lowest BCUT2D eigenvalue weighted by molar-refractivity contribution is 0.0964. The number of carbonyl (C=O) groups is 1. The number of rotatable bonds is 1. The lowest BCUT2D eigenvalue weighted by atomic mass is 9.86. The molecule has 3 heteroatoms. The molecule has 2 atom stereocenters. The highest BCUT2D eigenvalue weighted by Crippen LogP contribution is 2.45. The molecule has 2 aliphatic rings. The van der Waals surface area contributed by atoms with Crippen LogP contribution in [0.3, 0.4) is 0 Å².